The minimum Gasteiger partial charge on any atom is -0.460 e. The highest BCUT2D eigenvalue weighted by Crippen LogP contribution is 2.44. The average Bonchev–Trinajstić information content (AvgIpc) is 3.40. The highest BCUT2D eigenvalue weighted by atomic mass is 16.8. The van der Waals surface area contributed by atoms with E-state index in [-0.39, 0.29) is 37.0 Å². The summed E-state index contributed by atoms with van der Waals surface area (Å²) in [5.74, 6) is -2.25. The van der Waals surface area contributed by atoms with Gasteiger partial charge in [0.15, 0.2) is 31.1 Å². The first-order chi connectivity index (χ1) is 35.9. The summed E-state index contributed by atoms with van der Waals surface area (Å²) >= 11 is 0. The van der Waals surface area contributed by atoms with Crippen LogP contribution in [0.25, 0.3) is 0 Å². The molecular weight excluding hydrogens is 997 g/mol. The van der Waals surface area contributed by atoms with Crippen LogP contribution in [0.2, 0.25) is 0 Å². The maximum atomic E-state index is 13.0. The molecule has 4 saturated heterocycles. The Morgan fingerprint density at radius 1 is 0.467 bits per heavy atom. The number of fused-ring (bicyclic) bond motifs is 1. The molecule has 428 valence electrons. The van der Waals surface area contributed by atoms with Crippen molar-refractivity contribution in [2.24, 2.45) is 23.7 Å². The molecule has 8 fully saturated rings. The van der Waals surface area contributed by atoms with Gasteiger partial charge in [-0.2, -0.15) is 0 Å². The number of ether oxygens (including phenoxy) is 9. The first-order valence-electron chi connectivity index (χ1n) is 27.0. The first kappa shape index (κ1) is 58.8. The third-order valence-corrected chi connectivity index (χ3v) is 16.8. The molecule has 4 heterocycles. The van der Waals surface area contributed by atoms with Gasteiger partial charge < -0.3 is 109 Å². The van der Waals surface area contributed by atoms with Crippen molar-refractivity contribution >= 4 is 11.9 Å². The van der Waals surface area contributed by atoms with Gasteiger partial charge in [-0.3, -0.25) is 0 Å². The fraction of sp³-hybridized carbons (Fsp3) is 0.882. The molecule has 4 aliphatic heterocycles. The number of rotatable bonds is 16. The predicted molar refractivity (Wildman–Crippen MR) is 253 cm³/mol. The van der Waals surface area contributed by atoms with Crippen LogP contribution in [0.4, 0.5) is 0 Å². The van der Waals surface area contributed by atoms with E-state index in [0.717, 1.165) is 0 Å². The van der Waals surface area contributed by atoms with E-state index in [1.165, 1.54) is 12.2 Å². The zero-order valence-electron chi connectivity index (χ0n) is 42.0. The topological polar surface area (TPSA) is 384 Å². The number of aliphatic hydroxyl groups is 15. The van der Waals surface area contributed by atoms with Gasteiger partial charge in [0, 0.05) is 30.9 Å². The van der Waals surface area contributed by atoms with Crippen molar-refractivity contribution in [2.75, 3.05) is 19.8 Å². The molecule has 0 amide bonds. The van der Waals surface area contributed by atoms with Crippen molar-refractivity contribution in [1.82, 2.24) is 0 Å². The van der Waals surface area contributed by atoms with Crippen LogP contribution in [0, 0.1) is 23.7 Å². The van der Waals surface area contributed by atoms with E-state index in [1.807, 2.05) is 0 Å². The Labute approximate surface area is 434 Å². The lowest BCUT2D eigenvalue weighted by molar-refractivity contribution is -0.389. The van der Waals surface area contributed by atoms with Gasteiger partial charge in [-0.1, -0.05) is 12.2 Å². The Kier molecular flexibility index (Phi) is 20.9. The number of carbonyl (C=O) groups is 2. The molecule has 8 aliphatic rings. The molecule has 0 aromatic carbocycles. The lowest BCUT2D eigenvalue weighted by Crippen LogP contribution is -2.66. The zero-order valence-corrected chi connectivity index (χ0v) is 42.0. The van der Waals surface area contributed by atoms with Gasteiger partial charge in [0.2, 0.25) is 0 Å². The molecular formula is C51H81O24+. The number of esters is 2. The van der Waals surface area contributed by atoms with E-state index in [1.54, 1.807) is 12.2 Å². The van der Waals surface area contributed by atoms with E-state index in [0.29, 0.717) is 77.0 Å². The average molecular weight is 1080 g/mol. The summed E-state index contributed by atoms with van der Waals surface area (Å²) in [6, 6.07) is 0. The quantitative estimate of drug-likeness (QED) is 0.0405. The van der Waals surface area contributed by atoms with Crippen LogP contribution >= 0.6 is 0 Å². The van der Waals surface area contributed by atoms with E-state index >= 15 is 0 Å². The van der Waals surface area contributed by atoms with Gasteiger partial charge in [-0.05, 0) is 95.3 Å². The van der Waals surface area contributed by atoms with E-state index in [2.05, 4.69) is 0 Å². The molecule has 75 heavy (non-hydrogen) atoms. The Morgan fingerprint density at radius 3 is 1.45 bits per heavy atom. The molecule has 0 radical (unpaired) electrons. The predicted octanol–water partition coefficient (Wildman–Crippen LogP) is -3.51. The number of carbonyl (C=O) groups excluding carboxylic acids is 2. The smallest absolute Gasteiger partial charge is 0.330 e. The SMILES string of the molecule is O=C(C=CC1CCC(O)CC1)OC[C@H]1O[C@@H](O[C@H]2[C@H](OC3CC4C(O[C@@H]5O[C@H](CO)[C@@H](O)[C@H](O)[C@H]5O)CC(O)CC4[OH+]C3C3CCC(O)CC3)O[C@H](COC(=O)C=CC3CCC(O)CC3)[C@@H](O)[C@@H]2O)[C@H](O)[C@@H](O)[C@@H]1O. The summed E-state index contributed by atoms with van der Waals surface area (Å²) in [6.07, 6.45) is -17.9. The van der Waals surface area contributed by atoms with Crippen LogP contribution in [0.5, 0.6) is 0 Å². The van der Waals surface area contributed by atoms with Crippen molar-refractivity contribution in [3.05, 3.63) is 24.3 Å². The second kappa shape index (κ2) is 26.7. The van der Waals surface area contributed by atoms with Gasteiger partial charge >= 0.3 is 11.9 Å². The molecule has 24 nitrogen and oxygen atoms in total. The van der Waals surface area contributed by atoms with Crippen molar-refractivity contribution in [1.29, 1.82) is 0 Å². The summed E-state index contributed by atoms with van der Waals surface area (Å²) in [6.45, 7) is -1.91. The Morgan fingerprint density at radius 2 is 0.920 bits per heavy atom. The molecule has 21 atom stereocenters. The summed E-state index contributed by atoms with van der Waals surface area (Å²) in [5, 5.41) is 140. The first-order valence-corrected chi connectivity index (χ1v) is 27.0. The summed E-state index contributed by atoms with van der Waals surface area (Å²) in [4.78, 5) is 25.8. The van der Waals surface area contributed by atoms with Gasteiger partial charge in [0.25, 0.3) is 0 Å². The van der Waals surface area contributed by atoms with Crippen molar-refractivity contribution in [3.63, 3.8) is 0 Å². The van der Waals surface area contributed by atoms with Gasteiger partial charge in [-0.15, -0.1) is 0 Å². The monoisotopic (exact) mass is 1080 g/mol. The van der Waals surface area contributed by atoms with Crippen LogP contribution in [0.15, 0.2) is 24.3 Å². The molecule has 0 spiro atoms. The highest BCUT2D eigenvalue weighted by molar-refractivity contribution is 5.82. The molecule has 0 bridgehead atoms. The Bertz CT molecular complexity index is 1850. The largest absolute Gasteiger partial charge is 0.460 e. The third kappa shape index (κ3) is 14.7. The maximum Gasteiger partial charge on any atom is 0.330 e. The van der Waals surface area contributed by atoms with Gasteiger partial charge in [-0.25, -0.2) is 9.59 Å². The van der Waals surface area contributed by atoms with E-state index in [4.69, 9.17) is 42.6 Å². The molecule has 0 aromatic heterocycles. The maximum absolute atomic E-state index is 13.0. The molecule has 6 unspecified atom stereocenters. The van der Waals surface area contributed by atoms with Crippen LogP contribution in [0.3, 0.4) is 0 Å². The lowest BCUT2D eigenvalue weighted by Gasteiger charge is -2.50. The van der Waals surface area contributed by atoms with Crippen molar-refractivity contribution in [3.8, 4) is 0 Å². The molecule has 4 saturated carbocycles. The fourth-order valence-electron chi connectivity index (χ4n) is 12.2. The second-order valence-electron chi connectivity index (χ2n) is 22.1. The number of hydrogen-bond acceptors (Lipinski definition) is 23. The standard InChI is InChI=1S/C51H80O24/c52-20-34-39(59)42(62)45(65)49(72-34)70-32-18-29(56)17-31-30(32)19-33(47(69-31)25-7-13-28(55)14-8-25)71-51-48(44(64)41(61)36(74-51)22-68-38(58)16-6-24-3-11-27(54)12-4-24)75-50-46(66)43(63)40(60)35(73-50)21-67-37(57)15-5-23-1-9-26(53)10-2-23/h5-6,15-16,23-36,39-56,59-66H,1-4,7-14,17-22H2/p+1/t23?,24?,25?,26?,27?,28?,29?,30?,31?,32?,33?,34-,35-,36-,39-,40-,41-,42+,43+,44+,45-,46-,47?,48-,49-,50+,51-/m1/s1. The minimum atomic E-state index is -1.99. The van der Waals surface area contributed by atoms with Crippen LogP contribution in [0.1, 0.15) is 96.3 Å². The van der Waals surface area contributed by atoms with Crippen LogP contribution < -0.4 is 0 Å². The van der Waals surface area contributed by atoms with Crippen molar-refractivity contribution < 1.29 is 119 Å². The molecule has 0 aromatic rings. The van der Waals surface area contributed by atoms with Crippen LogP contribution in [-0.2, 0) is 47.5 Å². The van der Waals surface area contributed by atoms with Crippen molar-refractivity contribution in [2.45, 2.75) is 237 Å². The lowest BCUT2D eigenvalue weighted by atomic mass is 9.73. The molecule has 4 aliphatic carbocycles. The minimum absolute atomic E-state index is 0.0171. The second-order valence-corrected chi connectivity index (χ2v) is 22.1. The molecule has 24 heteroatoms. The highest BCUT2D eigenvalue weighted by Gasteiger charge is 2.58. The third-order valence-electron chi connectivity index (χ3n) is 16.8. The molecule has 14 N–H and O–H groups in total. The van der Waals surface area contributed by atoms with E-state index < -0.39 is 179 Å². The summed E-state index contributed by atoms with van der Waals surface area (Å²) in [7, 11) is 0. The zero-order chi connectivity index (χ0) is 53.7. The fourth-order valence-corrected chi connectivity index (χ4v) is 12.2. The normalized spacial score (nSPS) is 48.0. The Hall–Kier alpha value is -2.38. The summed E-state index contributed by atoms with van der Waals surface area (Å²) < 4.78 is 53.4. The summed E-state index contributed by atoms with van der Waals surface area (Å²) in [5.41, 5.74) is 0. The van der Waals surface area contributed by atoms with E-state index in [9.17, 15) is 76.0 Å². The van der Waals surface area contributed by atoms with Gasteiger partial charge in [0.1, 0.15) is 92.6 Å². The number of allylic oxidation sites excluding steroid dienone is 2. The number of aliphatic hydroxyl groups excluding tert-OH is 13. The number of hydrogen-bond donors (Lipinski definition) is 13. The Balaban J connectivity index is 1.03. The van der Waals surface area contributed by atoms with Crippen LogP contribution in [-0.4, -0.2) is 244 Å². The van der Waals surface area contributed by atoms with Gasteiger partial charge in [0.05, 0.1) is 43.0 Å². The molecule has 8 rings (SSSR count).